The van der Waals surface area contributed by atoms with Gasteiger partial charge in [-0.15, -0.1) is 0 Å². The molecule has 0 N–H and O–H groups in total. The topological polar surface area (TPSA) is 14.1 Å². The third-order valence-corrected chi connectivity index (χ3v) is 1.24. The Labute approximate surface area is 50.1 Å². The van der Waals surface area contributed by atoms with E-state index in [0.717, 1.165) is 0 Å². The molecule has 1 radical (unpaired) electrons. The summed E-state index contributed by atoms with van der Waals surface area (Å²) in [6.07, 6.45) is 5.78. The molecule has 0 bridgehead atoms. The van der Waals surface area contributed by atoms with Crippen LogP contribution in [0.5, 0.6) is 0 Å². The van der Waals surface area contributed by atoms with Crippen molar-refractivity contribution in [3.8, 4) is 0 Å². The quantitative estimate of drug-likeness (QED) is 0.485. The summed E-state index contributed by atoms with van der Waals surface area (Å²) in [5.41, 5.74) is 1.32. The molecule has 1 heterocycles. The zero-order chi connectivity index (χ0) is 5.98. The monoisotopic (exact) mass is 108 g/mol. The van der Waals surface area contributed by atoms with E-state index in [0.29, 0.717) is 5.92 Å². The van der Waals surface area contributed by atoms with Gasteiger partial charge >= 0.3 is 0 Å². The average Bonchev–Trinajstić information content (AvgIpc) is 2.12. The summed E-state index contributed by atoms with van der Waals surface area (Å²) in [6, 6.07) is 0. The van der Waals surface area contributed by atoms with Crippen LogP contribution in [0.3, 0.4) is 0 Å². The van der Waals surface area contributed by atoms with Gasteiger partial charge < -0.3 is 0 Å². The molecule has 1 rings (SSSR count). The fourth-order valence-electron chi connectivity index (χ4n) is 0.643. The molecule has 0 aromatic carbocycles. The molecule has 0 saturated heterocycles. The first-order valence-electron chi connectivity index (χ1n) is 2.87. The Morgan fingerprint density at radius 2 is 2.25 bits per heavy atom. The molecular weight excluding hydrogens is 98.1 g/mol. The minimum absolute atomic E-state index is 0.623. The fraction of sp³-hybridized carbons (Fsp3) is 0.429. The van der Waals surface area contributed by atoms with Gasteiger partial charge in [0.15, 0.2) is 0 Å². The van der Waals surface area contributed by atoms with Gasteiger partial charge in [0.25, 0.3) is 0 Å². The second-order valence-corrected chi connectivity index (χ2v) is 2.25. The van der Waals surface area contributed by atoms with Crippen molar-refractivity contribution in [2.75, 3.05) is 0 Å². The van der Waals surface area contributed by atoms with E-state index in [1.165, 1.54) is 5.57 Å². The third kappa shape index (κ3) is 0.915. The van der Waals surface area contributed by atoms with Crippen molar-refractivity contribution in [1.82, 2.24) is 5.32 Å². The molecule has 1 nitrogen and oxygen atoms in total. The molecule has 1 aliphatic rings. The van der Waals surface area contributed by atoms with Crippen LogP contribution >= 0.6 is 0 Å². The lowest BCUT2D eigenvalue weighted by Crippen LogP contribution is -1.87. The highest BCUT2D eigenvalue weighted by Gasteiger charge is 2.01. The van der Waals surface area contributed by atoms with Gasteiger partial charge in [-0.05, 0) is 17.6 Å². The highest BCUT2D eigenvalue weighted by Crippen LogP contribution is 2.12. The Morgan fingerprint density at radius 1 is 1.50 bits per heavy atom. The summed E-state index contributed by atoms with van der Waals surface area (Å²) < 4.78 is 0. The maximum Gasteiger partial charge on any atom is 0.0303 e. The van der Waals surface area contributed by atoms with E-state index < -0.39 is 0 Å². The average molecular weight is 108 g/mol. The van der Waals surface area contributed by atoms with Crippen molar-refractivity contribution in [2.24, 2.45) is 5.92 Å². The summed E-state index contributed by atoms with van der Waals surface area (Å²) in [4.78, 5) is 0. The van der Waals surface area contributed by atoms with Gasteiger partial charge in [-0.3, -0.25) is 5.32 Å². The lowest BCUT2D eigenvalue weighted by atomic mass is 10.1. The molecule has 8 heavy (non-hydrogen) atoms. The van der Waals surface area contributed by atoms with Crippen LogP contribution in [0, 0.1) is 5.92 Å². The highest BCUT2D eigenvalue weighted by atomic mass is 14.8. The van der Waals surface area contributed by atoms with Gasteiger partial charge in [0.05, 0.1) is 0 Å². The predicted octanol–water partition coefficient (Wildman–Crippen LogP) is 1.66. The van der Waals surface area contributed by atoms with Gasteiger partial charge in [0, 0.05) is 12.4 Å². The molecule has 0 saturated carbocycles. The summed E-state index contributed by atoms with van der Waals surface area (Å²) in [6.45, 7) is 4.33. The number of nitrogens with zero attached hydrogens (tertiary/aromatic N) is 1. The van der Waals surface area contributed by atoms with Crippen molar-refractivity contribution >= 4 is 0 Å². The first-order chi connectivity index (χ1) is 3.80. The van der Waals surface area contributed by atoms with Gasteiger partial charge in [0.2, 0.25) is 0 Å². The predicted molar refractivity (Wildman–Crippen MR) is 34.2 cm³/mol. The van der Waals surface area contributed by atoms with E-state index in [4.69, 9.17) is 0 Å². The Morgan fingerprint density at radius 3 is 2.50 bits per heavy atom. The summed E-state index contributed by atoms with van der Waals surface area (Å²) in [5.74, 6) is 0.623. The van der Waals surface area contributed by atoms with Crippen molar-refractivity contribution in [2.45, 2.75) is 13.8 Å². The zero-order valence-corrected chi connectivity index (χ0v) is 5.26. The van der Waals surface area contributed by atoms with Gasteiger partial charge in [-0.1, -0.05) is 13.8 Å². The maximum atomic E-state index is 3.94. The molecule has 0 amide bonds. The summed E-state index contributed by atoms with van der Waals surface area (Å²) >= 11 is 0. The second-order valence-electron chi connectivity index (χ2n) is 2.25. The van der Waals surface area contributed by atoms with Crippen LogP contribution in [0.2, 0.25) is 0 Å². The van der Waals surface area contributed by atoms with Crippen LogP contribution in [0.1, 0.15) is 13.8 Å². The summed E-state index contributed by atoms with van der Waals surface area (Å²) in [7, 11) is 0. The SMILES string of the molecule is CC(C)C1=C[N]C=C1. The molecule has 0 fully saturated rings. The van der Waals surface area contributed by atoms with Crippen molar-refractivity contribution in [3.05, 3.63) is 24.0 Å². The maximum absolute atomic E-state index is 3.94. The smallest absolute Gasteiger partial charge is 0.0303 e. The first kappa shape index (κ1) is 5.42. The second kappa shape index (κ2) is 2.03. The zero-order valence-electron chi connectivity index (χ0n) is 5.26. The fourth-order valence-corrected chi connectivity index (χ4v) is 0.643. The Bertz CT molecular complexity index is 131. The van der Waals surface area contributed by atoms with Crippen molar-refractivity contribution in [3.63, 3.8) is 0 Å². The number of allylic oxidation sites excluding steroid dienone is 2. The molecule has 0 aromatic heterocycles. The normalized spacial score (nSPS) is 16.6. The summed E-state index contributed by atoms with van der Waals surface area (Å²) in [5, 5.41) is 3.94. The standard InChI is InChI=1S/C7H10N/c1-6(2)7-3-4-8-5-7/h3-6H,1-2H3. The van der Waals surface area contributed by atoms with Crippen LogP contribution < -0.4 is 5.32 Å². The van der Waals surface area contributed by atoms with Crippen LogP contribution in [0.15, 0.2) is 24.0 Å². The van der Waals surface area contributed by atoms with Crippen LogP contribution in [-0.2, 0) is 0 Å². The van der Waals surface area contributed by atoms with E-state index in [9.17, 15) is 0 Å². The number of hydrogen-bond donors (Lipinski definition) is 0. The van der Waals surface area contributed by atoms with Crippen LogP contribution in [-0.4, -0.2) is 0 Å². The molecule has 0 aromatic rings. The molecule has 0 spiro atoms. The first-order valence-corrected chi connectivity index (χ1v) is 2.87. The Balaban J connectivity index is 2.58. The van der Waals surface area contributed by atoms with Gasteiger partial charge in [0.1, 0.15) is 0 Å². The van der Waals surface area contributed by atoms with Crippen LogP contribution in [0.25, 0.3) is 0 Å². The van der Waals surface area contributed by atoms with Crippen LogP contribution in [0.4, 0.5) is 0 Å². The molecule has 0 aliphatic carbocycles. The van der Waals surface area contributed by atoms with E-state index >= 15 is 0 Å². The molecular formula is C7H10N. The van der Waals surface area contributed by atoms with E-state index in [1.807, 2.05) is 18.5 Å². The van der Waals surface area contributed by atoms with E-state index in [2.05, 4.69) is 19.2 Å². The molecule has 0 unspecified atom stereocenters. The molecule has 1 aliphatic heterocycles. The van der Waals surface area contributed by atoms with Gasteiger partial charge in [-0.25, -0.2) is 0 Å². The number of rotatable bonds is 1. The minimum atomic E-state index is 0.623. The highest BCUT2D eigenvalue weighted by molar-refractivity contribution is 5.24. The Hall–Kier alpha value is -0.720. The van der Waals surface area contributed by atoms with E-state index in [-0.39, 0.29) is 0 Å². The number of hydrogen-bond acceptors (Lipinski definition) is 0. The largest absolute Gasteiger partial charge is 0.264 e. The van der Waals surface area contributed by atoms with Gasteiger partial charge in [-0.2, -0.15) is 0 Å². The lowest BCUT2D eigenvalue weighted by Gasteiger charge is -1.98. The minimum Gasteiger partial charge on any atom is -0.264 e. The molecule has 0 atom stereocenters. The van der Waals surface area contributed by atoms with E-state index in [1.54, 1.807) is 0 Å². The molecule has 43 valence electrons. The van der Waals surface area contributed by atoms with Crippen molar-refractivity contribution < 1.29 is 0 Å². The van der Waals surface area contributed by atoms with Crippen molar-refractivity contribution in [1.29, 1.82) is 0 Å². The lowest BCUT2D eigenvalue weighted by molar-refractivity contribution is 0.791. The third-order valence-electron chi connectivity index (χ3n) is 1.24. The Kier molecular flexibility index (Phi) is 1.38. The molecule has 1 heteroatoms.